The molecule has 0 saturated carbocycles. The van der Waals surface area contributed by atoms with Crippen LogP contribution < -0.4 is 5.73 Å². The summed E-state index contributed by atoms with van der Waals surface area (Å²) >= 11 is 0. The fourth-order valence-electron chi connectivity index (χ4n) is 1.70. The molecule has 1 amide bonds. The number of nitrogens with two attached hydrogens (primary N) is 1. The quantitative estimate of drug-likeness (QED) is 0.695. The van der Waals surface area contributed by atoms with E-state index in [9.17, 15) is 9.59 Å². The van der Waals surface area contributed by atoms with Crippen LogP contribution in [0.4, 0.5) is 0 Å². The first-order chi connectivity index (χ1) is 6.85. The molecule has 15 heavy (non-hydrogen) atoms. The molecule has 0 aliphatic carbocycles. The number of hydrogen-bond donors (Lipinski definition) is 2. The summed E-state index contributed by atoms with van der Waals surface area (Å²) in [5.41, 5.74) is 4.42. The summed E-state index contributed by atoms with van der Waals surface area (Å²) in [5, 5.41) is 8.89. The molecule has 3 N–H and O–H groups in total. The number of carbonyl (C=O) groups excluding carboxylic acids is 1. The van der Waals surface area contributed by atoms with Crippen LogP contribution in [0.25, 0.3) is 0 Å². The lowest BCUT2D eigenvalue weighted by atomic mass is 10.0. The van der Waals surface area contributed by atoms with E-state index in [1.54, 1.807) is 4.90 Å². The Labute approximate surface area is 89.2 Å². The molecule has 0 radical (unpaired) electrons. The van der Waals surface area contributed by atoms with Gasteiger partial charge in [-0.2, -0.15) is 0 Å². The van der Waals surface area contributed by atoms with E-state index < -0.39 is 11.5 Å². The lowest BCUT2D eigenvalue weighted by Gasteiger charge is -2.20. The highest BCUT2D eigenvalue weighted by Gasteiger charge is 2.42. The van der Waals surface area contributed by atoms with Crippen LogP contribution in [0.2, 0.25) is 0 Å². The van der Waals surface area contributed by atoms with Crippen molar-refractivity contribution >= 4 is 11.9 Å². The van der Waals surface area contributed by atoms with Gasteiger partial charge in [-0.1, -0.05) is 13.8 Å². The Hall–Kier alpha value is -1.10. The molecule has 1 heterocycles. The van der Waals surface area contributed by atoms with Gasteiger partial charge in [0.1, 0.15) is 5.54 Å². The summed E-state index contributed by atoms with van der Waals surface area (Å²) in [7, 11) is 0. The van der Waals surface area contributed by atoms with Gasteiger partial charge in [-0.25, -0.2) is 0 Å². The smallest absolute Gasteiger partial charge is 0.325 e. The number of rotatable bonds is 3. The van der Waals surface area contributed by atoms with Gasteiger partial charge in [0.05, 0.1) is 0 Å². The van der Waals surface area contributed by atoms with Crippen LogP contribution in [0, 0.1) is 5.92 Å². The van der Waals surface area contributed by atoms with E-state index in [1.165, 1.54) is 0 Å². The van der Waals surface area contributed by atoms with Gasteiger partial charge in [0.2, 0.25) is 5.91 Å². The summed E-state index contributed by atoms with van der Waals surface area (Å²) in [4.78, 5) is 24.0. The molecule has 0 spiro atoms. The van der Waals surface area contributed by atoms with Crippen molar-refractivity contribution in [3.05, 3.63) is 0 Å². The Morgan fingerprint density at radius 1 is 1.53 bits per heavy atom. The number of carbonyl (C=O) groups is 2. The number of amides is 1. The van der Waals surface area contributed by atoms with Gasteiger partial charge in [0.15, 0.2) is 0 Å². The van der Waals surface area contributed by atoms with Crippen molar-refractivity contribution in [2.75, 3.05) is 13.1 Å². The number of carboxylic acid groups (broad SMARTS) is 1. The average molecular weight is 214 g/mol. The molecule has 5 heteroatoms. The number of hydrogen-bond acceptors (Lipinski definition) is 3. The Morgan fingerprint density at radius 2 is 2.13 bits per heavy atom. The highest BCUT2D eigenvalue weighted by atomic mass is 16.4. The molecule has 1 aliphatic rings. The lowest BCUT2D eigenvalue weighted by molar-refractivity contribution is -0.143. The molecule has 1 aliphatic heterocycles. The van der Waals surface area contributed by atoms with E-state index in [0.717, 1.165) is 0 Å². The molecule has 1 unspecified atom stereocenters. The van der Waals surface area contributed by atoms with E-state index >= 15 is 0 Å². The van der Waals surface area contributed by atoms with Crippen molar-refractivity contribution < 1.29 is 14.7 Å². The second-order valence-corrected chi connectivity index (χ2v) is 4.62. The Balaban J connectivity index is 2.56. The molecule has 1 rings (SSSR count). The second kappa shape index (κ2) is 4.18. The standard InChI is InChI=1S/C10H18N2O3/c1-7(2)5-8(13)12-4-3-10(11,6-12)9(14)15/h7H,3-6,11H2,1-2H3,(H,14,15). The fourth-order valence-corrected chi connectivity index (χ4v) is 1.70. The average Bonchev–Trinajstić information content (AvgIpc) is 2.48. The van der Waals surface area contributed by atoms with Gasteiger partial charge in [0.25, 0.3) is 0 Å². The topological polar surface area (TPSA) is 83.6 Å². The van der Waals surface area contributed by atoms with Gasteiger partial charge >= 0.3 is 5.97 Å². The third kappa shape index (κ3) is 2.68. The predicted molar refractivity (Wildman–Crippen MR) is 55.2 cm³/mol. The molecule has 1 saturated heterocycles. The Bertz CT molecular complexity index is 278. The lowest BCUT2D eigenvalue weighted by Crippen LogP contribution is -2.50. The summed E-state index contributed by atoms with van der Waals surface area (Å²) in [6.45, 7) is 4.50. The van der Waals surface area contributed by atoms with Crippen molar-refractivity contribution in [2.45, 2.75) is 32.2 Å². The number of carboxylic acids is 1. The Morgan fingerprint density at radius 3 is 2.53 bits per heavy atom. The molecule has 0 bridgehead atoms. The third-order valence-electron chi connectivity index (χ3n) is 2.66. The monoisotopic (exact) mass is 214 g/mol. The number of aliphatic carboxylic acids is 1. The second-order valence-electron chi connectivity index (χ2n) is 4.62. The van der Waals surface area contributed by atoms with Crippen LogP contribution in [0.5, 0.6) is 0 Å². The third-order valence-corrected chi connectivity index (χ3v) is 2.66. The fraction of sp³-hybridized carbons (Fsp3) is 0.800. The van der Waals surface area contributed by atoms with E-state index in [1.807, 2.05) is 13.8 Å². The first-order valence-electron chi connectivity index (χ1n) is 5.15. The van der Waals surface area contributed by atoms with E-state index in [4.69, 9.17) is 10.8 Å². The zero-order chi connectivity index (χ0) is 11.6. The molecule has 86 valence electrons. The van der Waals surface area contributed by atoms with Gasteiger partial charge in [-0.15, -0.1) is 0 Å². The van der Waals surface area contributed by atoms with Gasteiger partial charge in [0, 0.05) is 19.5 Å². The molecule has 0 aromatic carbocycles. The van der Waals surface area contributed by atoms with E-state index in [0.29, 0.717) is 19.4 Å². The summed E-state index contributed by atoms with van der Waals surface area (Å²) in [5.74, 6) is -0.740. The van der Waals surface area contributed by atoms with Crippen LogP contribution in [-0.4, -0.2) is 40.5 Å². The van der Waals surface area contributed by atoms with Crippen LogP contribution in [0.1, 0.15) is 26.7 Å². The largest absolute Gasteiger partial charge is 0.480 e. The zero-order valence-corrected chi connectivity index (χ0v) is 9.19. The van der Waals surface area contributed by atoms with Crippen LogP contribution in [-0.2, 0) is 9.59 Å². The molecule has 1 fully saturated rings. The van der Waals surface area contributed by atoms with Crippen LogP contribution >= 0.6 is 0 Å². The first kappa shape index (κ1) is 12.0. The van der Waals surface area contributed by atoms with E-state index in [-0.39, 0.29) is 18.4 Å². The maximum atomic E-state index is 11.6. The minimum absolute atomic E-state index is 0.00132. The van der Waals surface area contributed by atoms with Crippen molar-refractivity contribution in [2.24, 2.45) is 11.7 Å². The molecule has 1 atom stereocenters. The van der Waals surface area contributed by atoms with Gasteiger partial charge < -0.3 is 15.7 Å². The van der Waals surface area contributed by atoms with Crippen molar-refractivity contribution in [1.82, 2.24) is 4.90 Å². The molecular weight excluding hydrogens is 196 g/mol. The maximum Gasteiger partial charge on any atom is 0.325 e. The highest BCUT2D eigenvalue weighted by Crippen LogP contribution is 2.20. The summed E-state index contributed by atoms with van der Waals surface area (Å²) < 4.78 is 0. The van der Waals surface area contributed by atoms with Crippen molar-refractivity contribution in [3.63, 3.8) is 0 Å². The first-order valence-corrected chi connectivity index (χ1v) is 5.15. The van der Waals surface area contributed by atoms with Crippen LogP contribution in [0.3, 0.4) is 0 Å². The molecule has 0 aromatic rings. The summed E-state index contributed by atoms with van der Waals surface area (Å²) in [6, 6.07) is 0. The maximum absolute atomic E-state index is 11.6. The predicted octanol–water partition coefficient (Wildman–Crippen LogP) is 0.0469. The van der Waals surface area contributed by atoms with Gasteiger partial charge in [-0.3, -0.25) is 9.59 Å². The highest BCUT2D eigenvalue weighted by molar-refractivity contribution is 5.83. The SMILES string of the molecule is CC(C)CC(=O)N1CCC(N)(C(=O)O)C1. The molecular formula is C10H18N2O3. The Kier molecular flexibility index (Phi) is 3.34. The van der Waals surface area contributed by atoms with Crippen molar-refractivity contribution in [3.8, 4) is 0 Å². The van der Waals surface area contributed by atoms with E-state index in [2.05, 4.69) is 0 Å². The minimum atomic E-state index is -1.24. The van der Waals surface area contributed by atoms with Gasteiger partial charge in [-0.05, 0) is 12.3 Å². The summed E-state index contributed by atoms with van der Waals surface area (Å²) in [6.07, 6.45) is 0.794. The molecule has 5 nitrogen and oxygen atoms in total. The number of likely N-dealkylation sites (tertiary alicyclic amines) is 1. The minimum Gasteiger partial charge on any atom is -0.480 e. The van der Waals surface area contributed by atoms with Crippen LogP contribution in [0.15, 0.2) is 0 Å². The number of nitrogens with zero attached hydrogens (tertiary/aromatic N) is 1. The zero-order valence-electron chi connectivity index (χ0n) is 9.19. The normalized spacial score (nSPS) is 26.0. The van der Waals surface area contributed by atoms with Crippen molar-refractivity contribution in [1.29, 1.82) is 0 Å². The molecule has 0 aromatic heterocycles.